The van der Waals surface area contributed by atoms with Crippen molar-refractivity contribution in [1.82, 2.24) is 0 Å². The van der Waals surface area contributed by atoms with E-state index in [2.05, 4.69) is 4.74 Å². The Morgan fingerprint density at radius 2 is 1.50 bits per heavy atom. The summed E-state index contributed by atoms with van der Waals surface area (Å²) in [5.74, 6) is -2.47. The van der Waals surface area contributed by atoms with Crippen LogP contribution >= 0.6 is 0 Å². The Kier molecular flexibility index (Phi) is 6.91. The van der Waals surface area contributed by atoms with Crippen LogP contribution in [0.3, 0.4) is 0 Å². The topological polar surface area (TPSA) is 105 Å². The number of carbonyl (C=O) groups excluding carboxylic acids is 4. The molecule has 1 rings (SSSR count). The maximum absolute atomic E-state index is 11.7. The summed E-state index contributed by atoms with van der Waals surface area (Å²) in [6.07, 6.45) is -1.14. The zero-order chi connectivity index (χ0) is 18.3. The van der Waals surface area contributed by atoms with Crippen molar-refractivity contribution in [2.45, 2.75) is 33.3 Å². The van der Waals surface area contributed by atoms with Gasteiger partial charge in [0.05, 0.1) is 7.11 Å². The van der Waals surface area contributed by atoms with E-state index in [1.807, 2.05) is 0 Å². The van der Waals surface area contributed by atoms with E-state index in [0.29, 0.717) is 5.56 Å². The van der Waals surface area contributed by atoms with Crippen LogP contribution in [0.15, 0.2) is 18.2 Å². The number of methoxy groups -OCH3 is 1. The summed E-state index contributed by atoms with van der Waals surface area (Å²) in [5, 5.41) is 0. The second-order valence-corrected chi connectivity index (χ2v) is 4.79. The van der Waals surface area contributed by atoms with Crippen LogP contribution in [0.4, 0.5) is 0 Å². The van der Waals surface area contributed by atoms with Gasteiger partial charge in [0, 0.05) is 27.2 Å². The van der Waals surface area contributed by atoms with Crippen molar-refractivity contribution in [2.24, 2.45) is 0 Å². The Bertz CT molecular complexity index is 649. The van der Waals surface area contributed by atoms with Crippen LogP contribution < -0.4 is 9.47 Å². The van der Waals surface area contributed by atoms with Crippen molar-refractivity contribution >= 4 is 23.9 Å². The van der Waals surface area contributed by atoms with Crippen molar-refractivity contribution in [1.29, 1.82) is 0 Å². The normalized spacial score (nSPS) is 11.2. The maximum atomic E-state index is 11.7. The van der Waals surface area contributed by atoms with Crippen molar-refractivity contribution in [2.75, 3.05) is 7.11 Å². The lowest BCUT2D eigenvalue weighted by molar-refractivity contribution is -0.164. The minimum atomic E-state index is -1.14. The highest BCUT2D eigenvalue weighted by Crippen LogP contribution is 2.29. The van der Waals surface area contributed by atoms with E-state index in [1.54, 1.807) is 6.07 Å². The van der Waals surface area contributed by atoms with E-state index in [1.165, 1.54) is 40.0 Å². The lowest BCUT2D eigenvalue weighted by Gasteiger charge is -2.16. The van der Waals surface area contributed by atoms with Crippen molar-refractivity contribution in [3.8, 4) is 11.5 Å². The molecule has 8 heteroatoms. The lowest BCUT2D eigenvalue weighted by atomic mass is 10.1. The highest BCUT2D eigenvalue weighted by Gasteiger charge is 2.24. The Morgan fingerprint density at radius 3 is 2.00 bits per heavy atom. The average Bonchev–Trinajstić information content (AvgIpc) is 2.47. The molecule has 0 aliphatic rings. The van der Waals surface area contributed by atoms with Crippen LogP contribution in [-0.4, -0.2) is 37.1 Å². The zero-order valence-corrected chi connectivity index (χ0v) is 13.8. The standard InChI is InChI=1S/C16H18O8/c1-9(17)22-13-6-5-12(7-14(13)23-10(2)18)8-15(16(20)21-4)24-11(3)19/h5-7,15H,8H2,1-4H3. The fourth-order valence-electron chi connectivity index (χ4n) is 1.87. The van der Waals surface area contributed by atoms with Crippen molar-refractivity contribution in [3.05, 3.63) is 23.8 Å². The molecule has 1 unspecified atom stereocenters. The molecule has 1 aromatic rings. The number of rotatable bonds is 6. The molecule has 130 valence electrons. The molecule has 0 radical (unpaired) electrons. The predicted molar refractivity (Wildman–Crippen MR) is 80.3 cm³/mol. The molecule has 0 heterocycles. The van der Waals surface area contributed by atoms with E-state index >= 15 is 0 Å². The predicted octanol–water partition coefficient (Wildman–Crippen LogP) is 1.18. The first-order valence-corrected chi connectivity index (χ1v) is 6.97. The summed E-state index contributed by atoms with van der Waals surface area (Å²) < 4.78 is 19.4. The summed E-state index contributed by atoms with van der Waals surface area (Å²) in [6, 6.07) is 4.38. The van der Waals surface area contributed by atoms with Gasteiger partial charge in [0.25, 0.3) is 0 Å². The van der Waals surface area contributed by atoms with Crippen LogP contribution in [0, 0.1) is 0 Å². The first-order chi connectivity index (χ1) is 11.2. The molecule has 0 spiro atoms. The Hall–Kier alpha value is -2.90. The van der Waals surface area contributed by atoms with Crippen molar-refractivity contribution in [3.63, 3.8) is 0 Å². The first kappa shape index (κ1) is 19.1. The van der Waals surface area contributed by atoms with Gasteiger partial charge in [0.15, 0.2) is 11.5 Å². The molecule has 0 amide bonds. The lowest BCUT2D eigenvalue weighted by Crippen LogP contribution is -2.29. The minimum absolute atomic E-state index is 0.000863. The van der Waals surface area contributed by atoms with E-state index in [-0.39, 0.29) is 17.9 Å². The monoisotopic (exact) mass is 338 g/mol. The number of carbonyl (C=O) groups is 4. The fraction of sp³-hybridized carbons (Fsp3) is 0.375. The van der Waals surface area contributed by atoms with Crippen LogP contribution in [-0.2, 0) is 35.1 Å². The van der Waals surface area contributed by atoms with E-state index in [0.717, 1.165) is 0 Å². The molecule has 0 N–H and O–H groups in total. The van der Waals surface area contributed by atoms with Crippen LogP contribution in [0.25, 0.3) is 0 Å². The molecule has 0 bridgehead atoms. The van der Waals surface area contributed by atoms with Gasteiger partial charge in [0.2, 0.25) is 6.10 Å². The highest BCUT2D eigenvalue weighted by atomic mass is 16.6. The Labute approximate surface area is 138 Å². The van der Waals surface area contributed by atoms with Gasteiger partial charge in [-0.05, 0) is 17.7 Å². The highest BCUT2D eigenvalue weighted by molar-refractivity contribution is 5.79. The molecule has 1 atom stereocenters. The SMILES string of the molecule is COC(=O)C(Cc1ccc(OC(C)=O)c(OC(C)=O)c1)OC(C)=O. The molecular formula is C16H18O8. The van der Waals surface area contributed by atoms with Gasteiger partial charge in [-0.1, -0.05) is 6.07 Å². The third-order valence-electron chi connectivity index (χ3n) is 2.71. The quantitative estimate of drug-likeness (QED) is 0.562. The van der Waals surface area contributed by atoms with Gasteiger partial charge in [-0.25, -0.2) is 4.79 Å². The second-order valence-electron chi connectivity index (χ2n) is 4.79. The minimum Gasteiger partial charge on any atom is -0.466 e. The molecule has 0 aliphatic carbocycles. The molecule has 0 saturated heterocycles. The maximum Gasteiger partial charge on any atom is 0.347 e. The Morgan fingerprint density at radius 1 is 0.917 bits per heavy atom. The van der Waals surface area contributed by atoms with E-state index < -0.39 is 30.0 Å². The average molecular weight is 338 g/mol. The van der Waals surface area contributed by atoms with Crippen LogP contribution in [0.5, 0.6) is 11.5 Å². The van der Waals surface area contributed by atoms with Crippen molar-refractivity contribution < 1.29 is 38.1 Å². The van der Waals surface area contributed by atoms with Gasteiger partial charge in [-0.3, -0.25) is 14.4 Å². The molecular weight excluding hydrogens is 320 g/mol. The largest absolute Gasteiger partial charge is 0.466 e. The van der Waals surface area contributed by atoms with Gasteiger partial charge in [-0.15, -0.1) is 0 Å². The smallest absolute Gasteiger partial charge is 0.347 e. The number of hydrogen-bond acceptors (Lipinski definition) is 8. The molecule has 0 aromatic heterocycles. The summed E-state index contributed by atoms with van der Waals surface area (Å²) in [7, 11) is 1.17. The number of hydrogen-bond donors (Lipinski definition) is 0. The molecule has 0 aliphatic heterocycles. The molecule has 8 nitrogen and oxygen atoms in total. The third-order valence-corrected chi connectivity index (χ3v) is 2.71. The van der Waals surface area contributed by atoms with Gasteiger partial charge in [-0.2, -0.15) is 0 Å². The summed E-state index contributed by atoms with van der Waals surface area (Å²) in [5.41, 5.74) is 0.513. The Balaban J connectivity index is 3.09. The fourth-order valence-corrected chi connectivity index (χ4v) is 1.87. The molecule has 0 saturated carbocycles. The second kappa shape index (κ2) is 8.66. The summed E-state index contributed by atoms with van der Waals surface area (Å²) in [6.45, 7) is 3.57. The van der Waals surface area contributed by atoms with E-state index in [9.17, 15) is 19.2 Å². The number of ether oxygens (including phenoxy) is 4. The van der Waals surface area contributed by atoms with Gasteiger partial charge >= 0.3 is 23.9 Å². The van der Waals surface area contributed by atoms with Gasteiger partial charge in [0.1, 0.15) is 0 Å². The van der Waals surface area contributed by atoms with E-state index in [4.69, 9.17) is 14.2 Å². The number of esters is 4. The third kappa shape index (κ3) is 6.07. The molecule has 24 heavy (non-hydrogen) atoms. The van der Waals surface area contributed by atoms with Gasteiger partial charge < -0.3 is 18.9 Å². The van der Waals surface area contributed by atoms with Crippen LogP contribution in [0.2, 0.25) is 0 Å². The number of benzene rings is 1. The molecule has 1 aromatic carbocycles. The van der Waals surface area contributed by atoms with Crippen LogP contribution in [0.1, 0.15) is 26.3 Å². The molecule has 0 fully saturated rings. The summed E-state index contributed by atoms with van der Waals surface area (Å²) in [4.78, 5) is 45.0. The zero-order valence-electron chi connectivity index (χ0n) is 13.8. The first-order valence-electron chi connectivity index (χ1n) is 6.97. The summed E-state index contributed by atoms with van der Waals surface area (Å²) >= 11 is 0.